The minimum Gasteiger partial charge on any atom is -0.369 e. The van der Waals surface area contributed by atoms with Gasteiger partial charge < -0.3 is 10.6 Å². The molecular formula is C11H15ClN4O. The fourth-order valence-electron chi connectivity index (χ4n) is 2.07. The number of primary amides is 1. The van der Waals surface area contributed by atoms with Crippen LogP contribution in [0.5, 0.6) is 0 Å². The minimum absolute atomic E-state index is 0.0940. The first-order chi connectivity index (χ1) is 7.99. The molecule has 0 aromatic carbocycles. The maximum absolute atomic E-state index is 11.1. The Morgan fingerprint density at radius 1 is 1.47 bits per heavy atom. The zero-order valence-corrected chi connectivity index (χ0v) is 10.7. The largest absolute Gasteiger partial charge is 0.369 e. The lowest BCUT2D eigenvalue weighted by Gasteiger charge is -2.19. The Morgan fingerprint density at radius 2 is 2.18 bits per heavy atom. The summed E-state index contributed by atoms with van der Waals surface area (Å²) in [6, 6.07) is 0. The summed E-state index contributed by atoms with van der Waals surface area (Å²) in [5.41, 5.74) is 6.16. The maximum atomic E-state index is 11.1. The summed E-state index contributed by atoms with van der Waals surface area (Å²) in [5, 5.41) is 0.468. The number of hydrogen-bond donors (Lipinski definition) is 1. The van der Waals surface area contributed by atoms with Crippen LogP contribution in [0.4, 0.5) is 5.82 Å². The smallest absolute Gasteiger partial charge is 0.222 e. The Kier molecular flexibility index (Phi) is 3.19. The van der Waals surface area contributed by atoms with Gasteiger partial charge in [0, 0.05) is 18.7 Å². The number of hydrogen-bond acceptors (Lipinski definition) is 4. The molecular weight excluding hydrogens is 240 g/mol. The predicted octanol–water partition coefficient (Wildman–Crippen LogP) is 1.06. The van der Waals surface area contributed by atoms with Crippen LogP contribution < -0.4 is 10.6 Å². The lowest BCUT2D eigenvalue weighted by Crippen LogP contribution is -2.28. The van der Waals surface area contributed by atoms with Gasteiger partial charge in [0.15, 0.2) is 0 Å². The van der Waals surface area contributed by atoms with E-state index < -0.39 is 0 Å². The molecule has 2 N–H and O–H groups in total. The van der Waals surface area contributed by atoms with E-state index >= 15 is 0 Å². The molecule has 1 aliphatic heterocycles. The molecule has 1 atom stereocenters. The van der Waals surface area contributed by atoms with Crippen LogP contribution in [0.1, 0.15) is 17.8 Å². The highest BCUT2D eigenvalue weighted by molar-refractivity contribution is 6.30. The SMILES string of the molecule is Cc1nc(Cl)c(C)c(N2CCC(C(N)=O)C2)n1. The molecule has 1 aromatic heterocycles. The number of aromatic nitrogens is 2. The second-order valence-corrected chi connectivity index (χ2v) is 4.70. The van der Waals surface area contributed by atoms with E-state index in [-0.39, 0.29) is 11.8 Å². The molecule has 2 rings (SSSR count). The molecule has 5 nitrogen and oxygen atoms in total. The quantitative estimate of drug-likeness (QED) is 0.801. The number of rotatable bonds is 2. The lowest BCUT2D eigenvalue weighted by atomic mass is 10.1. The van der Waals surface area contributed by atoms with Crippen molar-refractivity contribution >= 4 is 23.3 Å². The molecule has 0 aliphatic carbocycles. The minimum atomic E-state index is -0.248. The van der Waals surface area contributed by atoms with E-state index in [0.717, 1.165) is 24.3 Å². The van der Waals surface area contributed by atoms with Gasteiger partial charge in [-0.15, -0.1) is 0 Å². The van der Waals surface area contributed by atoms with Gasteiger partial charge in [-0.3, -0.25) is 4.79 Å². The molecule has 1 aromatic rings. The number of carbonyl (C=O) groups is 1. The number of anilines is 1. The van der Waals surface area contributed by atoms with Crippen molar-refractivity contribution in [3.8, 4) is 0 Å². The van der Waals surface area contributed by atoms with Crippen LogP contribution in [-0.4, -0.2) is 29.0 Å². The first-order valence-electron chi connectivity index (χ1n) is 5.54. The highest BCUT2D eigenvalue weighted by atomic mass is 35.5. The average molecular weight is 255 g/mol. The number of amides is 1. The van der Waals surface area contributed by atoms with Gasteiger partial charge in [-0.05, 0) is 20.3 Å². The Labute approximate surface area is 105 Å². The topological polar surface area (TPSA) is 72.1 Å². The van der Waals surface area contributed by atoms with Crippen molar-refractivity contribution in [1.82, 2.24) is 9.97 Å². The molecule has 1 amide bonds. The molecule has 6 heteroatoms. The van der Waals surface area contributed by atoms with Crippen molar-refractivity contribution in [1.29, 1.82) is 0 Å². The van der Waals surface area contributed by atoms with Gasteiger partial charge in [-0.1, -0.05) is 11.6 Å². The zero-order chi connectivity index (χ0) is 12.6. The van der Waals surface area contributed by atoms with Crippen LogP contribution in [0.15, 0.2) is 0 Å². The Hall–Kier alpha value is -1.36. The van der Waals surface area contributed by atoms with Gasteiger partial charge in [0.2, 0.25) is 5.91 Å². The summed E-state index contributed by atoms with van der Waals surface area (Å²) in [4.78, 5) is 21.7. The Morgan fingerprint density at radius 3 is 2.76 bits per heavy atom. The average Bonchev–Trinajstić information content (AvgIpc) is 2.72. The van der Waals surface area contributed by atoms with Gasteiger partial charge in [-0.2, -0.15) is 0 Å². The van der Waals surface area contributed by atoms with E-state index in [9.17, 15) is 4.79 Å². The third-order valence-corrected chi connectivity index (χ3v) is 3.43. The molecule has 2 heterocycles. The number of nitrogens with two attached hydrogens (primary N) is 1. The second-order valence-electron chi connectivity index (χ2n) is 4.34. The summed E-state index contributed by atoms with van der Waals surface area (Å²) in [7, 11) is 0. The van der Waals surface area contributed by atoms with Gasteiger partial charge in [-0.25, -0.2) is 9.97 Å². The molecule has 1 aliphatic rings. The number of aryl methyl sites for hydroxylation is 1. The van der Waals surface area contributed by atoms with Crippen molar-refractivity contribution < 1.29 is 4.79 Å². The predicted molar refractivity (Wildman–Crippen MR) is 66.0 cm³/mol. The summed E-state index contributed by atoms with van der Waals surface area (Å²) in [6.07, 6.45) is 0.773. The van der Waals surface area contributed by atoms with E-state index in [0.29, 0.717) is 17.5 Å². The number of nitrogens with zero attached hydrogens (tertiary/aromatic N) is 3. The fraction of sp³-hybridized carbons (Fsp3) is 0.545. The van der Waals surface area contributed by atoms with E-state index in [1.807, 2.05) is 11.8 Å². The highest BCUT2D eigenvalue weighted by Crippen LogP contribution is 2.28. The van der Waals surface area contributed by atoms with Gasteiger partial charge >= 0.3 is 0 Å². The van der Waals surface area contributed by atoms with E-state index in [1.165, 1.54) is 0 Å². The summed E-state index contributed by atoms with van der Waals surface area (Å²) >= 11 is 6.03. The summed E-state index contributed by atoms with van der Waals surface area (Å²) < 4.78 is 0. The molecule has 1 fully saturated rings. The van der Waals surface area contributed by atoms with Crippen LogP contribution in [-0.2, 0) is 4.79 Å². The first-order valence-corrected chi connectivity index (χ1v) is 5.92. The fourth-order valence-corrected chi connectivity index (χ4v) is 2.28. The molecule has 0 saturated carbocycles. The third-order valence-electron chi connectivity index (χ3n) is 3.06. The normalized spacial score (nSPS) is 19.7. The second kappa shape index (κ2) is 4.49. The highest BCUT2D eigenvalue weighted by Gasteiger charge is 2.28. The van der Waals surface area contributed by atoms with Gasteiger partial charge in [0.1, 0.15) is 16.8 Å². The summed E-state index contributed by atoms with van der Waals surface area (Å²) in [5.74, 6) is 1.11. The van der Waals surface area contributed by atoms with Crippen molar-refractivity contribution in [2.24, 2.45) is 11.7 Å². The molecule has 0 radical (unpaired) electrons. The molecule has 1 saturated heterocycles. The zero-order valence-electron chi connectivity index (χ0n) is 9.90. The molecule has 1 unspecified atom stereocenters. The van der Waals surface area contributed by atoms with E-state index in [1.54, 1.807) is 6.92 Å². The van der Waals surface area contributed by atoms with Crippen molar-refractivity contribution in [2.75, 3.05) is 18.0 Å². The number of halogens is 1. The van der Waals surface area contributed by atoms with Crippen LogP contribution in [0.2, 0.25) is 5.15 Å². The summed E-state index contributed by atoms with van der Waals surface area (Å²) in [6.45, 7) is 5.08. The van der Waals surface area contributed by atoms with Crippen molar-refractivity contribution in [3.05, 3.63) is 16.5 Å². The third kappa shape index (κ3) is 2.34. The van der Waals surface area contributed by atoms with Gasteiger partial charge in [0.25, 0.3) is 0 Å². The Bertz CT molecular complexity index is 463. The van der Waals surface area contributed by atoms with Crippen LogP contribution in [0.25, 0.3) is 0 Å². The standard InChI is InChI=1S/C11H15ClN4O/c1-6-9(12)14-7(2)15-11(6)16-4-3-8(5-16)10(13)17/h8H,3-5H2,1-2H3,(H2,13,17). The van der Waals surface area contributed by atoms with Crippen LogP contribution in [0.3, 0.4) is 0 Å². The van der Waals surface area contributed by atoms with Crippen molar-refractivity contribution in [2.45, 2.75) is 20.3 Å². The van der Waals surface area contributed by atoms with Crippen molar-refractivity contribution in [3.63, 3.8) is 0 Å². The lowest BCUT2D eigenvalue weighted by molar-refractivity contribution is -0.121. The molecule has 17 heavy (non-hydrogen) atoms. The maximum Gasteiger partial charge on any atom is 0.222 e. The number of carbonyl (C=O) groups excluding carboxylic acids is 1. The van der Waals surface area contributed by atoms with E-state index in [2.05, 4.69) is 9.97 Å². The van der Waals surface area contributed by atoms with Crippen LogP contribution in [0, 0.1) is 19.8 Å². The van der Waals surface area contributed by atoms with Crippen LogP contribution >= 0.6 is 11.6 Å². The van der Waals surface area contributed by atoms with Gasteiger partial charge in [0.05, 0.1) is 5.92 Å². The van der Waals surface area contributed by atoms with E-state index in [4.69, 9.17) is 17.3 Å². The Balaban J connectivity index is 2.27. The molecule has 0 spiro atoms. The monoisotopic (exact) mass is 254 g/mol. The first kappa shape index (κ1) is 12.1. The molecule has 0 bridgehead atoms. The molecule has 92 valence electrons.